The summed E-state index contributed by atoms with van der Waals surface area (Å²) in [6.07, 6.45) is 6.30. The molecule has 2 nitrogen and oxygen atoms in total. The average Bonchev–Trinajstić information content (AvgIpc) is 3.01. The van der Waals surface area contributed by atoms with Crippen molar-refractivity contribution in [1.29, 1.82) is 0 Å². The molecule has 1 aromatic rings. The van der Waals surface area contributed by atoms with E-state index in [-0.39, 0.29) is 11.3 Å². The van der Waals surface area contributed by atoms with E-state index in [1.54, 1.807) is 0 Å². The van der Waals surface area contributed by atoms with Gasteiger partial charge in [0.25, 0.3) is 0 Å². The fourth-order valence-corrected chi connectivity index (χ4v) is 4.89. The third-order valence-corrected chi connectivity index (χ3v) is 6.43. The van der Waals surface area contributed by atoms with Crippen LogP contribution in [0.2, 0.25) is 0 Å². The smallest absolute Gasteiger partial charge is 0.0514 e. The predicted molar refractivity (Wildman–Crippen MR) is 91.9 cm³/mol. The van der Waals surface area contributed by atoms with Crippen molar-refractivity contribution in [3.63, 3.8) is 0 Å². The Balaban J connectivity index is 2.02. The molecule has 21 heavy (non-hydrogen) atoms. The molecule has 0 radical (unpaired) electrons. The molecule has 0 aliphatic heterocycles. The zero-order valence-electron chi connectivity index (χ0n) is 13.4. The molecule has 3 atom stereocenters. The largest absolute Gasteiger partial charge is 0.309 e. The number of hydrogen-bond donors (Lipinski definition) is 1. The number of benzene rings is 1. The molecule has 1 aliphatic carbocycles. The maximum Gasteiger partial charge on any atom is 0.0514 e. The Bertz CT molecular complexity index is 428. The van der Waals surface area contributed by atoms with Crippen molar-refractivity contribution in [3.05, 3.63) is 35.9 Å². The summed E-state index contributed by atoms with van der Waals surface area (Å²) in [6.45, 7) is 5.30. The highest BCUT2D eigenvalue weighted by molar-refractivity contribution is 7.85. The molecule has 1 N–H and O–H groups in total. The molecule has 0 spiro atoms. The van der Waals surface area contributed by atoms with E-state index in [1.807, 2.05) is 6.07 Å². The van der Waals surface area contributed by atoms with Crippen molar-refractivity contribution >= 4 is 10.8 Å². The summed E-state index contributed by atoms with van der Waals surface area (Å²) in [7, 11) is -0.751. The minimum atomic E-state index is -0.751. The zero-order valence-corrected chi connectivity index (χ0v) is 14.2. The van der Waals surface area contributed by atoms with Gasteiger partial charge in [0.1, 0.15) is 0 Å². The molecule has 3 unspecified atom stereocenters. The van der Waals surface area contributed by atoms with Crippen LogP contribution in [0.25, 0.3) is 0 Å². The highest BCUT2D eigenvalue weighted by Gasteiger charge is 2.26. The van der Waals surface area contributed by atoms with E-state index >= 15 is 0 Å². The first kappa shape index (κ1) is 16.7. The number of nitrogens with one attached hydrogen (secondary N) is 1. The van der Waals surface area contributed by atoms with Gasteiger partial charge < -0.3 is 5.32 Å². The normalized spacial score (nSPS) is 20.3. The van der Waals surface area contributed by atoms with Gasteiger partial charge in [0, 0.05) is 22.6 Å². The van der Waals surface area contributed by atoms with Gasteiger partial charge in [0.2, 0.25) is 0 Å². The van der Waals surface area contributed by atoms with Crippen LogP contribution in [0, 0.1) is 5.92 Å². The van der Waals surface area contributed by atoms with Crippen molar-refractivity contribution < 1.29 is 4.21 Å². The van der Waals surface area contributed by atoms with Crippen LogP contribution in [0.5, 0.6) is 0 Å². The molecule has 3 heteroatoms. The fourth-order valence-electron chi connectivity index (χ4n) is 3.23. The van der Waals surface area contributed by atoms with E-state index in [0.717, 1.165) is 18.7 Å². The lowest BCUT2D eigenvalue weighted by Gasteiger charge is -2.26. The van der Waals surface area contributed by atoms with Crippen LogP contribution in [0.3, 0.4) is 0 Å². The third-order valence-electron chi connectivity index (χ3n) is 4.53. The maximum atomic E-state index is 12.7. The molecule has 118 valence electrons. The minimum absolute atomic E-state index is 0.166. The fraction of sp³-hybridized carbons (Fsp3) is 0.667. The van der Waals surface area contributed by atoms with Crippen LogP contribution < -0.4 is 5.32 Å². The molecule has 1 saturated carbocycles. The van der Waals surface area contributed by atoms with Gasteiger partial charge in [-0.3, -0.25) is 4.21 Å². The molecule has 0 heterocycles. The second-order valence-corrected chi connectivity index (χ2v) is 8.08. The summed E-state index contributed by atoms with van der Waals surface area (Å²) in [5, 5.41) is 3.76. The molecule has 1 fully saturated rings. The Labute approximate surface area is 132 Å². The summed E-state index contributed by atoms with van der Waals surface area (Å²) in [5.74, 6) is 1.58. The minimum Gasteiger partial charge on any atom is -0.309 e. The van der Waals surface area contributed by atoms with E-state index in [1.165, 1.54) is 31.2 Å². The Morgan fingerprint density at radius 3 is 2.52 bits per heavy atom. The first-order valence-electron chi connectivity index (χ1n) is 8.38. The van der Waals surface area contributed by atoms with Crippen LogP contribution in [0.1, 0.15) is 57.6 Å². The molecular formula is C18H29NOS. The van der Waals surface area contributed by atoms with Crippen molar-refractivity contribution in [2.75, 3.05) is 12.3 Å². The molecule has 0 saturated heterocycles. The Hall–Kier alpha value is -0.670. The van der Waals surface area contributed by atoms with Crippen molar-refractivity contribution in [1.82, 2.24) is 5.32 Å². The Morgan fingerprint density at radius 2 is 1.90 bits per heavy atom. The number of hydrogen-bond acceptors (Lipinski definition) is 2. The first-order valence-corrected chi connectivity index (χ1v) is 9.76. The molecule has 2 rings (SSSR count). The SMILES string of the molecule is CCCNC(c1ccccc1)C(C)S(=O)CC1CCCC1. The van der Waals surface area contributed by atoms with Crippen molar-refractivity contribution in [3.8, 4) is 0 Å². The van der Waals surface area contributed by atoms with Gasteiger partial charge in [-0.1, -0.05) is 50.1 Å². The highest BCUT2D eigenvalue weighted by Crippen LogP contribution is 2.28. The molecule has 1 aromatic carbocycles. The van der Waals surface area contributed by atoms with E-state index in [9.17, 15) is 4.21 Å². The Morgan fingerprint density at radius 1 is 1.24 bits per heavy atom. The van der Waals surface area contributed by atoms with Crippen LogP contribution in [-0.2, 0) is 10.8 Å². The second-order valence-electron chi connectivity index (χ2n) is 6.25. The topological polar surface area (TPSA) is 29.1 Å². The first-order chi connectivity index (χ1) is 10.2. The van der Waals surface area contributed by atoms with E-state index < -0.39 is 10.8 Å². The van der Waals surface area contributed by atoms with E-state index in [0.29, 0.717) is 5.92 Å². The molecule has 1 aliphatic rings. The third kappa shape index (κ3) is 4.93. The molecular weight excluding hydrogens is 278 g/mol. The lowest BCUT2D eigenvalue weighted by Crippen LogP contribution is -2.35. The van der Waals surface area contributed by atoms with Gasteiger partial charge in [-0.2, -0.15) is 0 Å². The van der Waals surface area contributed by atoms with E-state index in [4.69, 9.17) is 0 Å². The summed E-state index contributed by atoms with van der Waals surface area (Å²) in [4.78, 5) is 0. The lowest BCUT2D eigenvalue weighted by atomic mass is 10.0. The van der Waals surface area contributed by atoms with Crippen LogP contribution in [0.15, 0.2) is 30.3 Å². The lowest BCUT2D eigenvalue weighted by molar-refractivity contribution is 0.513. The van der Waals surface area contributed by atoms with Crippen molar-refractivity contribution in [2.24, 2.45) is 5.92 Å². The van der Waals surface area contributed by atoms with Gasteiger partial charge >= 0.3 is 0 Å². The monoisotopic (exact) mass is 307 g/mol. The Kier molecular flexibility index (Phi) is 6.91. The van der Waals surface area contributed by atoms with Crippen LogP contribution in [-0.4, -0.2) is 21.8 Å². The van der Waals surface area contributed by atoms with Crippen LogP contribution >= 0.6 is 0 Å². The maximum absolute atomic E-state index is 12.7. The quantitative estimate of drug-likeness (QED) is 0.785. The molecule has 0 bridgehead atoms. The molecule has 0 amide bonds. The number of rotatable bonds is 8. The summed E-state index contributed by atoms with van der Waals surface area (Å²) in [5.41, 5.74) is 1.26. The molecule has 0 aromatic heterocycles. The van der Waals surface area contributed by atoms with Gasteiger partial charge in [0.15, 0.2) is 0 Å². The van der Waals surface area contributed by atoms with Gasteiger partial charge in [-0.05, 0) is 44.2 Å². The van der Waals surface area contributed by atoms with Crippen molar-refractivity contribution in [2.45, 2.75) is 57.2 Å². The van der Waals surface area contributed by atoms with Crippen LogP contribution in [0.4, 0.5) is 0 Å². The summed E-state index contributed by atoms with van der Waals surface area (Å²) in [6, 6.07) is 10.7. The standard InChI is InChI=1S/C18H29NOS/c1-3-13-19-18(17-11-5-4-6-12-17)15(2)21(20)14-16-9-7-8-10-16/h4-6,11-12,15-16,18-19H,3,7-10,13-14H2,1-2H3. The van der Waals surface area contributed by atoms with E-state index in [2.05, 4.69) is 43.4 Å². The highest BCUT2D eigenvalue weighted by atomic mass is 32.2. The zero-order chi connectivity index (χ0) is 15.1. The predicted octanol–water partition coefficient (Wildman–Crippen LogP) is 4.05. The average molecular weight is 308 g/mol. The summed E-state index contributed by atoms with van der Waals surface area (Å²) < 4.78 is 12.7. The van der Waals surface area contributed by atoms with Gasteiger partial charge in [-0.15, -0.1) is 0 Å². The second kappa shape index (κ2) is 8.70. The van der Waals surface area contributed by atoms with Gasteiger partial charge in [-0.25, -0.2) is 0 Å². The summed E-state index contributed by atoms with van der Waals surface area (Å²) >= 11 is 0. The van der Waals surface area contributed by atoms with Gasteiger partial charge in [0.05, 0.1) is 5.25 Å².